The van der Waals surface area contributed by atoms with Gasteiger partial charge in [-0.1, -0.05) is 0 Å². The third-order valence-corrected chi connectivity index (χ3v) is 1.57. The zero-order valence-corrected chi connectivity index (χ0v) is 7.34. The number of aliphatic carboxylic acids is 1. The first-order valence-electron chi connectivity index (χ1n) is 3.79. The first kappa shape index (κ1) is 10.6. The number of rotatable bonds is 3. The molecule has 0 atom stereocenters. The summed E-state index contributed by atoms with van der Waals surface area (Å²) in [5, 5.41) is 18.8. The van der Waals surface area contributed by atoms with Crippen LogP contribution in [0.5, 0.6) is 0 Å². The van der Waals surface area contributed by atoms with E-state index < -0.39 is 22.1 Å². The molecule has 1 heterocycles. The second-order valence-corrected chi connectivity index (χ2v) is 2.53. The van der Waals surface area contributed by atoms with Crippen molar-refractivity contribution >= 4 is 17.7 Å². The van der Waals surface area contributed by atoms with Crippen molar-refractivity contribution in [3.63, 3.8) is 0 Å². The molecular formula is C8H6N2O5. The molecule has 78 valence electrons. The highest BCUT2D eigenvalue weighted by Gasteiger charge is 2.14. The summed E-state index contributed by atoms with van der Waals surface area (Å²) in [6.07, 6.45) is 2.68. The molecule has 0 aliphatic heterocycles. The molecule has 0 aliphatic carbocycles. The number of nitrogens with zero attached hydrogens (tertiary/aromatic N) is 1. The number of pyridine rings is 1. The van der Waals surface area contributed by atoms with Crippen LogP contribution in [0.2, 0.25) is 0 Å². The van der Waals surface area contributed by atoms with E-state index in [0.29, 0.717) is 6.08 Å². The molecule has 0 saturated heterocycles. The fraction of sp³-hybridized carbons (Fsp3) is 0. The van der Waals surface area contributed by atoms with Crippen molar-refractivity contribution < 1.29 is 14.8 Å². The minimum Gasteiger partial charge on any atom is -0.478 e. The molecule has 0 amide bonds. The normalized spacial score (nSPS) is 10.4. The van der Waals surface area contributed by atoms with E-state index in [1.807, 2.05) is 0 Å². The van der Waals surface area contributed by atoms with Crippen LogP contribution in [0.4, 0.5) is 5.69 Å². The molecular weight excluding hydrogens is 204 g/mol. The molecule has 0 unspecified atom stereocenters. The molecule has 2 N–H and O–H groups in total. The zero-order chi connectivity index (χ0) is 11.4. The smallest absolute Gasteiger partial charge is 0.328 e. The van der Waals surface area contributed by atoms with E-state index in [2.05, 4.69) is 4.98 Å². The highest BCUT2D eigenvalue weighted by Crippen LogP contribution is 2.14. The minimum atomic E-state index is -1.28. The maximum Gasteiger partial charge on any atom is 0.328 e. The highest BCUT2D eigenvalue weighted by molar-refractivity contribution is 5.86. The number of aromatic nitrogens is 1. The molecule has 1 aromatic rings. The fourth-order valence-corrected chi connectivity index (χ4v) is 0.955. The van der Waals surface area contributed by atoms with Crippen molar-refractivity contribution in [2.45, 2.75) is 0 Å². The molecule has 0 fully saturated rings. The van der Waals surface area contributed by atoms with Gasteiger partial charge in [0.25, 0.3) is 11.2 Å². The lowest BCUT2D eigenvalue weighted by Gasteiger charge is -1.94. The van der Waals surface area contributed by atoms with Crippen molar-refractivity contribution in [3.8, 4) is 0 Å². The molecule has 1 rings (SSSR count). The summed E-state index contributed by atoms with van der Waals surface area (Å²) in [6.45, 7) is 0. The van der Waals surface area contributed by atoms with Gasteiger partial charge in [0.2, 0.25) is 0 Å². The molecule has 0 saturated carbocycles. The van der Waals surface area contributed by atoms with Crippen LogP contribution < -0.4 is 5.56 Å². The maximum atomic E-state index is 11.2. The van der Waals surface area contributed by atoms with Gasteiger partial charge in [-0.15, -0.1) is 0 Å². The Morgan fingerprint density at radius 3 is 2.80 bits per heavy atom. The summed E-state index contributed by atoms with van der Waals surface area (Å²) < 4.78 is 0. The van der Waals surface area contributed by atoms with Crippen LogP contribution in [0, 0.1) is 10.1 Å². The Kier molecular flexibility index (Phi) is 2.97. The third kappa shape index (κ3) is 2.50. The van der Waals surface area contributed by atoms with E-state index in [1.54, 1.807) is 0 Å². The monoisotopic (exact) mass is 210 g/mol. The minimum absolute atomic E-state index is 0.287. The topological polar surface area (TPSA) is 113 Å². The fourth-order valence-electron chi connectivity index (χ4n) is 0.955. The average Bonchev–Trinajstić information content (AvgIpc) is 2.15. The molecule has 7 heteroatoms. The summed E-state index contributed by atoms with van der Waals surface area (Å²) in [7, 11) is 0. The van der Waals surface area contributed by atoms with Gasteiger partial charge in [0, 0.05) is 18.3 Å². The second kappa shape index (κ2) is 4.18. The van der Waals surface area contributed by atoms with Gasteiger partial charge >= 0.3 is 5.97 Å². The van der Waals surface area contributed by atoms with Crippen molar-refractivity contribution in [1.82, 2.24) is 4.98 Å². The van der Waals surface area contributed by atoms with Gasteiger partial charge in [0.1, 0.15) is 5.56 Å². The Morgan fingerprint density at radius 2 is 2.27 bits per heavy atom. The van der Waals surface area contributed by atoms with Crippen LogP contribution in [-0.4, -0.2) is 21.0 Å². The Bertz CT molecular complexity index is 488. The van der Waals surface area contributed by atoms with Crippen molar-refractivity contribution in [1.29, 1.82) is 0 Å². The quantitative estimate of drug-likeness (QED) is 0.425. The van der Waals surface area contributed by atoms with E-state index in [4.69, 9.17) is 5.11 Å². The number of carboxylic acids is 1. The number of carboxylic acid groups (broad SMARTS) is 1. The Balaban J connectivity index is 3.31. The first-order chi connectivity index (χ1) is 7.02. The molecule has 0 aliphatic rings. The van der Waals surface area contributed by atoms with Crippen LogP contribution in [0.3, 0.4) is 0 Å². The van der Waals surface area contributed by atoms with Gasteiger partial charge in [0.05, 0.1) is 4.92 Å². The first-order valence-corrected chi connectivity index (χ1v) is 3.79. The van der Waals surface area contributed by atoms with Gasteiger partial charge in [0.15, 0.2) is 0 Å². The molecule has 15 heavy (non-hydrogen) atoms. The molecule has 0 aromatic carbocycles. The summed E-state index contributed by atoms with van der Waals surface area (Å²) in [6, 6.07) is 1.09. The van der Waals surface area contributed by atoms with Crippen LogP contribution in [0.15, 0.2) is 23.1 Å². The van der Waals surface area contributed by atoms with E-state index in [0.717, 1.165) is 18.3 Å². The van der Waals surface area contributed by atoms with Gasteiger partial charge in [-0.25, -0.2) is 4.79 Å². The van der Waals surface area contributed by atoms with Crippen molar-refractivity contribution in [3.05, 3.63) is 44.4 Å². The zero-order valence-electron chi connectivity index (χ0n) is 7.34. The van der Waals surface area contributed by atoms with Crippen LogP contribution in [-0.2, 0) is 4.79 Å². The molecule has 0 bridgehead atoms. The van der Waals surface area contributed by atoms with Gasteiger partial charge in [-0.3, -0.25) is 14.9 Å². The maximum absolute atomic E-state index is 11.2. The molecule has 1 aromatic heterocycles. The number of H-pyrrole nitrogens is 1. The van der Waals surface area contributed by atoms with Gasteiger partial charge in [-0.2, -0.15) is 0 Å². The third-order valence-electron chi connectivity index (χ3n) is 1.57. The van der Waals surface area contributed by atoms with Crippen LogP contribution in [0.1, 0.15) is 5.56 Å². The standard InChI is InChI=1S/C8H6N2O5/c11-7(12)2-1-5-6(10(14)15)3-4-9-8(5)13/h1-4H,(H,9,13)(H,11,12). The molecule has 0 spiro atoms. The highest BCUT2D eigenvalue weighted by atomic mass is 16.6. The summed E-state index contributed by atoms with van der Waals surface area (Å²) in [5.41, 5.74) is -1.43. The number of hydrogen-bond acceptors (Lipinski definition) is 4. The van der Waals surface area contributed by atoms with E-state index in [1.165, 1.54) is 0 Å². The predicted molar refractivity (Wildman–Crippen MR) is 50.4 cm³/mol. The molecule has 0 radical (unpaired) electrons. The predicted octanol–water partition coefficient (Wildman–Crippen LogP) is 0.381. The van der Waals surface area contributed by atoms with Gasteiger partial charge < -0.3 is 10.1 Å². The largest absolute Gasteiger partial charge is 0.478 e. The van der Waals surface area contributed by atoms with Crippen LogP contribution >= 0.6 is 0 Å². The number of aromatic amines is 1. The van der Waals surface area contributed by atoms with E-state index in [-0.39, 0.29) is 5.56 Å². The lowest BCUT2D eigenvalue weighted by molar-refractivity contribution is -0.385. The lowest BCUT2D eigenvalue weighted by atomic mass is 10.2. The van der Waals surface area contributed by atoms with Gasteiger partial charge in [-0.05, 0) is 6.08 Å². The van der Waals surface area contributed by atoms with Crippen LogP contribution in [0.25, 0.3) is 6.08 Å². The number of carbonyl (C=O) groups is 1. The van der Waals surface area contributed by atoms with Crippen molar-refractivity contribution in [2.75, 3.05) is 0 Å². The number of hydrogen-bond donors (Lipinski definition) is 2. The Hall–Kier alpha value is -2.44. The molecule has 7 nitrogen and oxygen atoms in total. The lowest BCUT2D eigenvalue weighted by Crippen LogP contribution is -2.11. The summed E-state index contributed by atoms with van der Waals surface area (Å²) >= 11 is 0. The summed E-state index contributed by atoms with van der Waals surface area (Å²) in [4.78, 5) is 33.3. The van der Waals surface area contributed by atoms with E-state index in [9.17, 15) is 19.7 Å². The summed E-state index contributed by atoms with van der Waals surface area (Å²) in [5.74, 6) is -1.28. The second-order valence-electron chi connectivity index (χ2n) is 2.53. The Labute approximate surface area is 82.8 Å². The SMILES string of the molecule is O=C(O)C=Cc1c([N+](=O)[O-])cc[nH]c1=O. The number of nitro groups is 1. The van der Waals surface area contributed by atoms with Crippen molar-refractivity contribution in [2.24, 2.45) is 0 Å². The van der Waals surface area contributed by atoms with E-state index >= 15 is 0 Å². The Morgan fingerprint density at radius 1 is 1.60 bits per heavy atom. The number of nitrogens with one attached hydrogen (secondary N) is 1. The average molecular weight is 210 g/mol.